The second kappa shape index (κ2) is 4.81. The predicted octanol–water partition coefficient (Wildman–Crippen LogP) is 1.73. The van der Waals surface area contributed by atoms with Gasteiger partial charge in [-0.05, 0) is 31.6 Å². The smallest absolute Gasteiger partial charge is 0.0803 e. The first-order valence-electron chi connectivity index (χ1n) is 6.07. The molecule has 2 rings (SSSR count). The molecule has 88 valence electrons. The Balaban J connectivity index is 1.91. The number of ether oxygens (including phenoxy) is 2. The summed E-state index contributed by atoms with van der Waals surface area (Å²) in [5.41, 5.74) is 0.109. The molecule has 2 unspecified atom stereocenters. The van der Waals surface area contributed by atoms with Gasteiger partial charge in [0, 0.05) is 13.7 Å². The highest BCUT2D eigenvalue weighted by atomic mass is 16.5. The van der Waals surface area contributed by atoms with E-state index in [1.807, 2.05) is 0 Å². The van der Waals surface area contributed by atoms with E-state index < -0.39 is 0 Å². The Bertz CT molecular complexity index is 199. The molecular weight excluding hydrogens is 192 g/mol. The third-order valence-electron chi connectivity index (χ3n) is 3.93. The van der Waals surface area contributed by atoms with Crippen molar-refractivity contribution in [1.29, 1.82) is 0 Å². The lowest BCUT2D eigenvalue weighted by Gasteiger charge is -2.39. The summed E-state index contributed by atoms with van der Waals surface area (Å²) >= 11 is 0. The zero-order chi connectivity index (χ0) is 10.7. The highest BCUT2D eigenvalue weighted by Crippen LogP contribution is 2.42. The lowest BCUT2D eigenvalue weighted by molar-refractivity contribution is -0.119. The number of hydrogen-bond acceptors (Lipinski definition) is 3. The minimum absolute atomic E-state index is 0.109. The van der Waals surface area contributed by atoms with Gasteiger partial charge in [-0.2, -0.15) is 0 Å². The number of aliphatic hydroxyl groups excluding tert-OH is 1. The molecule has 1 N–H and O–H groups in total. The van der Waals surface area contributed by atoms with E-state index in [-0.39, 0.29) is 11.7 Å². The molecule has 1 saturated carbocycles. The molecule has 1 aliphatic carbocycles. The molecule has 0 amide bonds. The van der Waals surface area contributed by atoms with Crippen molar-refractivity contribution in [1.82, 2.24) is 0 Å². The molecule has 2 atom stereocenters. The summed E-state index contributed by atoms with van der Waals surface area (Å²) in [6.45, 7) is 1.27. The van der Waals surface area contributed by atoms with Crippen molar-refractivity contribution in [3.8, 4) is 0 Å². The molecule has 2 aliphatic rings. The van der Waals surface area contributed by atoms with Gasteiger partial charge in [0.25, 0.3) is 0 Å². The summed E-state index contributed by atoms with van der Waals surface area (Å²) in [6.07, 6.45) is 6.63. The van der Waals surface area contributed by atoms with Crippen LogP contribution in [0.3, 0.4) is 0 Å². The van der Waals surface area contributed by atoms with Gasteiger partial charge in [-0.1, -0.05) is 12.8 Å². The van der Waals surface area contributed by atoms with E-state index in [9.17, 15) is 5.11 Å². The van der Waals surface area contributed by atoms with Crippen LogP contribution in [0.15, 0.2) is 0 Å². The standard InChI is InChI=1S/C12H22O3/c1-14-9-11(13)10-4-7-15-12(8-10)5-2-3-6-12/h10-11,13H,2-9H2,1H3. The van der Waals surface area contributed by atoms with Crippen LogP contribution in [0.5, 0.6) is 0 Å². The third kappa shape index (κ3) is 2.52. The monoisotopic (exact) mass is 214 g/mol. The Morgan fingerprint density at radius 3 is 2.87 bits per heavy atom. The molecule has 0 bridgehead atoms. The average Bonchev–Trinajstić information content (AvgIpc) is 2.67. The molecule has 3 nitrogen and oxygen atoms in total. The van der Waals surface area contributed by atoms with Gasteiger partial charge < -0.3 is 14.6 Å². The van der Waals surface area contributed by atoms with Crippen LogP contribution in [0.25, 0.3) is 0 Å². The highest BCUT2D eigenvalue weighted by Gasteiger charge is 2.41. The Hall–Kier alpha value is -0.120. The maximum Gasteiger partial charge on any atom is 0.0803 e. The van der Waals surface area contributed by atoms with Gasteiger partial charge >= 0.3 is 0 Å². The summed E-state index contributed by atoms with van der Waals surface area (Å²) in [6, 6.07) is 0. The van der Waals surface area contributed by atoms with E-state index in [0.717, 1.165) is 19.4 Å². The van der Waals surface area contributed by atoms with Crippen LogP contribution in [0.4, 0.5) is 0 Å². The van der Waals surface area contributed by atoms with Crippen molar-refractivity contribution in [2.24, 2.45) is 5.92 Å². The second-order valence-corrected chi connectivity index (χ2v) is 5.01. The Morgan fingerprint density at radius 1 is 1.47 bits per heavy atom. The maximum atomic E-state index is 9.94. The minimum atomic E-state index is -0.309. The van der Waals surface area contributed by atoms with Gasteiger partial charge in [-0.3, -0.25) is 0 Å². The van der Waals surface area contributed by atoms with Crippen LogP contribution in [-0.4, -0.2) is 37.1 Å². The van der Waals surface area contributed by atoms with Gasteiger partial charge in [0.2, 0.25) is 0 Å². The van der Waals surface area contributed by atoms with Gasteiger partial charge in [-0.25, -0.2) is 0 Å². The minimum Gasteiger partial charge on any atom is -0.390 e. The summed E-state index contributed by atoms with van der Waals surface area (Å²) < 4.78 is 11.0. The van der Waals surface area contributed by atoms with Gasteiger partial charge in [0.15, 0.2) is 0 Å². The molecule has 1 saturated heterocycles. The van der Waals surface area contributed by atoms with Crippen LogP contribution >= 0.6 is 0 Å². The number of rotatable bonds is 3. The molecule has 1 aliphatic heterocycles. The zero-order valence-corrected chi connectivity index (χ0v) is 9.58. The molecule has 0 aromatic rings. The van der Waals surface area contributed by atoms with Gasteiger partial charge in [-0.15, -0.1) is 0 Å². The van der Waals surface area contributed by atoms with Crippen LogP contribution < -0.4 is 0 Å². The lowest BCUT2D eigenvalue weighted by atomic mass is 9.82. The van der Waals surface area contributed by atoms with E-state index in [0.29, 0.717) is 12.5 Å². The van der Waals surface area contributed by atoms with Gasteiger partial charge in [0.05, 0.1) is 18.3 Å². The van der Waals surface area contributed by atoms with Crippen LogP contribution in [0.2, 0.25) is 0 Å². The maximum absolute atomic E-state index is 9.94. The SMILES string of the molecule is COCC(O)C1CCOC2(CCCC2)C1. The van der Waals surface area contributed by atoms with Crippen molar-refractivity contribution in [2.75, 3.05) is 20.3 Å². The average molecular weight is 214 g/mol. The van der Waals surface area contributed by atoms with E-state index in [4.69, 9.17) is 9.47 Å². The van der Waals surface area contributed by atoms with Gasteiger partial charge in [0.1, 0.15) is 0 Å². The third-order valence-corrected chi connectivity index (χ3v) is 3.93. The first-order chi connectivity index (χ1) is 7.26. The first-order valence-corrected chi connectivity index (χ1v) is 6.07. The first kappa shape index (κ1) is 11.4. The molecule has 2 fully saturated rings. The van der Waals surface area contributed by atoms with Crippen LogP contribution in [0.1, 0.15) is 38.5 Å². The Kier molecular flexibility index (Phi) is 3.65. The number of aliphatic hydroxyl groups is 1. The molecule has 3 heteroatoms. The topological polar surface area (TPSA) is 38.7 Å². The largest absolute Gasteiger partial charge is 0.390 e. The zero-order valence-electron chi connectivity index (χ0n) is 9.58. The summed E-state index contributed by atoms with van der Waals surface area (Å²) in [4.78, 5) is 0. The molecule has 0 aromatic heterocycles. The summed E-state index contributed by atoms with van der Waals surface area (Å²) in [7, 11) is 1.65. The fraction of sp³-hybridized carbons (Fsp3) is 1.00. The normalized spacial score (nSPS) is 32.0. The number of hydrogen-bond donors (Lipinski definition) is 1. The van der Waals surface area contributed by atoms with Crippen LogP contribution in [0, 0.1) is 5.92 Å². The van der Waals surface area contributed by atoms with Crippen molar-refractivity contribution in [2.45, 2.75) is 50.2 Å². The quantitative estimate of drug-likeness (QED) is 0.777. The molecule has 1 heterocycles. The van der Waals surface area contributed by atoms with Crippen molar-refractivity contribution < 1.29 is 14.6 Å². The Morgan fingerprint density at radius 2 is 2.20 bits per heavy atom. The molecule has 0 aromatic carbocycles. The lowest BCUT2D eigenvalue weighted by Crippen LogP contribution is -2.42. The fourth-order valence-corrected chi connectivity index (χ4v) is 3.07. The second-order valence-electron chi connectivity index (χ2n) is 5.01. The molecular formula is C12H22O3. The van der Waals surface area contributed by atoms with Crippen molar-refractivity contribution in [3.05, 3.63) is 0 Å². The van der Waals surface area contributed by atoms with E-state index in [1.165, 1.54) is 25.7 Å². The molecule has 15 heavy (non-hydrogen) atoms. The van der Waals surface area contributed by atoms with E-state index >= 15 is 0 Å². The highest BCUT2D eigenvalue weighted by molar-refractivity contribution is 4.92. The van der Waals surface area contributed by atoms with E-state index in [1.54, 1.807) is 7.11 Å². The van der Waals surface area contributed by atoms with Crippen LogP contribution in [-0.2, 0) is 9.47 Å². The van der Waals surface area contributed by atoms with Crippen molar-refractivity contribution in [3.63, 3.8) is 0 Å². The summed E-state index contributed by atoms with van der Waals surface area (Å²) in [5.74, 6) is 0.372. The number of methoxy groups -OCH3 is 1. The Labute approximate surface area is 91.8 Å². The predicted molar refractivity (Wildman–Crippen MR) is 57.8 cm³/mol. The molecule has 1 spiro atoms. The molecule has 0 radical (unpaired) electrons. The summed E-state index contributed by atoms with van der Waals surface area (Å²) in [5, 5.41) is 9.94. The van der Waals surface area contributed by atoms with E-state index in [2.05, 4.69) is 0 Å². The fourth-order valence-electron chi connectivity index (χ4n) is 3.07. The van der Waals surface area contributed by atoms with Crippen molar-refractivity contribution >= 4 is 0 Å².